The molecule has 34 heavy (non-hydrogen) atoms. The first-order valence-electron chi connectivity index (χ1n) is 11.3. The number of para-hydroxylation sites is 1. The Labute approximate surface area is 210 Å². The minimum atomic E-state index is -0.174. The van der Waals surface area contributed by atoms with E-state index >= 15 is 0 Å². The van der Waals surface area contributed by atoms with E-state index in [-0.39, 0.29) is 17.2 Å². The Morgan fingerprint density at radius 3 is 2.38 bits per heavy atom. The Kier molecular flexibility index (Phi) is 6.67. The third-order valence-corrected chi connectivity index (χ3v) is 8.25. The molecule has 2 aromatic heterocycles. The molecule has 0 spiro atoms. The average molecular weight is 509 g/mol. The number of likely N-dealkylation sites (tertiary alicyclic amines) is 1. The molecule has 1 amide bonds. The Morgan fingerprint density at radius 1 is 1.03 bits per heavy atom. The summed E-state index contributed by atoms with van der Waals surface area (Å²) in [4.78, 5) is 33.3. The number of hydrogen-bond acceptors (Lipinski definition) is 6. The zero-order chi connectivity index (χ0) is 23.7. The van der Waals surface area contributed by atoms with E-state index in [1.165, 1.54) is 28.7 Å². The summed E-state index contributed by atoms with van der Waals surface area (Å²) in [6, 6.07) is 17.6. The highest BCUT2D eigenvalue weighted by Crippen LogP contribution is 2.28. The van der Waals surface area contributed by atoms with E-state index in [1.54, 1.807) is 4.57 Å². The molecule has 3 heterocycles. The van der Waals surface area contributed by atoms with Crippen LogP contribution in [0.1, 0.15) is 25.3 Å². The van der Waals surface area contributed by atoms with Gasteiger partial charge in [0.05, 0.1) is 11.4 Å². The van der Waals surface area contributed by atoms with Crippen molar-refractivity contribution in [1.82, 2.24) is 19.0 Å². The molecular formula is C25H24N4O2S3. The molecule has 4 aromatic rings. The number of carbonyl (C=O) groups is 1. The molecule has 0 atom stereocenters. The molecule has 1 aliphatic heterocycles. The maximum Gasteiger partial charge on any atom is 0.278 e. The molecule has 2 aromatic carbocycles. The lowest BCUT2D eigenvalue weighted by Crippen LogP contribution is -2.29. The number of thiazole rings is 1. The van der Waals surface area contributed by atoms with Gasteiger partial charge in [-0.15, -0.1) is 0 Å². The van der Waals surface area contributed by atoms with Crippen LogP contribution in [0, 0.1) is 3.95 Å². The number of thioether (sulfide) groups is 1. The molecule has 174 valence electrons. The van der Waals surface area contributed by atoms with Crippen LogP contribution in [0.25, 0.3) is 21.7 Å². The Bertz CT molecular complexity index is 1450. The zero-order valence-electron chi connectivity index (χ0n) is 18.8. The highest BCUT2D eigenvalue weighted by Gasteiger charge is 2.22. The third kappa shape index (κ3) is 4.35. The van der Waals surface area contributed by atoms with Gasteiger partial charge in [0.1, 0.15) is 4.70 Å². The molecule has 0 bridgehead atoms. The molecule has 0 saturated carbocycles. The third-order valence-electron chi connectivity index (χ3n) is 5.98. The normalized spacial score (nSPS) is 13.6. The molecule has 6 nitrogen and oxygen atoms in total. The van der Waals surface area contributed by atoms with Gasteiger partial charge in [-0.2, -0.15) is 0 Å². The predicted molar refractivity (Wildman–Crippen MR) is 141 cm³/mol. The first-order valence-corrected chi connectivity index (χ1v) is 13.5. The molecule has 1 saturated heterocycles. The molecule has 1 fully saturated rings. The number of aromatic nitrogens is 3. The highest BCUT2D eigenvalue weighted by molar-refractivity contribution is 7.99. The molecule has 5 rings (SSSR count). The van der Waals surface area contributed by atoms with E-state index in [1.807, 2.05) is 51.9 Å². The number of aryl methyl sites for hydroxylation is 1. The fourth-order valence-electron chi connectivity index (χ4n) is 4.13. The summed E-state index contributed by atoms with van der Waals surface area (Å²) in [6.45, 7) is 3.71. The lowest BCUT2D eigenvalue weighted by molar-refractivity contribution is -0.127. The number of rotatable bonds is 6. The SMILES string of the molecule is CCc1ccc(-n2c(=S)sc3c(=O)n(-c4ccccc4)c(SCC(=O)N4CCCC4)nc32)cc1. The second-order valence-corrected chi connectivity index (χ2v) is 10.7. The second kappa shape index (κ2) is 9.85. The Balaban J connectivity index is 1.64. The van der Waals surface area contributed by atoms with Gasteiger partial charge >= 0.3 is 0 Å². The van der Waals surface area contributed by atoms with Crippen molar-refractivity contribution < 1.29 is 4.79 Å². The van der Waals surface area contributed by atoms with Crippen molar-refractivity contribution in [2.45, 2.75) is 31.3 Å². The molecule has 9 heteroatoms. The maximum absolute atomic E-state index is 13.7. The second-order valence-electron chi connectivity index (χ2n) is 8.12. The summed E-state index contributed by atoms with van der Waals surface area (Å²) in [6.07, 6.45) is 3.04. The fraction of sp³-hybridized carbons (Fsp3) is 0.280. The van der Waals surface area contributed by atoms with Gasteiger partial charge in [-0.3, -0.25) is 18.7 Å². The van der Waals surface area contributed by atoms with Crippen LogP contribution in [0.2, 0.25) is 0 Å². The topological polar surface area (TPSA) is 60.1 Å². The van der Waals surface area contributed by atoms with Crippen LogP contribution in [0.4, 0.5) is 0 Å². The zero-order valence-corrected chi connectivity index (χ0v) is 21.2. The summed E-state index contributed by atoms with van der Waals surface area (Å²) >= 11 is 8.24. The van der Waals surface area contributed by atoms with Gasteiger partial charge < -0.3 is 4.90 Å². The maximum atomic E-state index is 13.7. The minimum Gasteiger partial charge on any atom is -0.342 e. The van der Waals surface area contributed by atoms with E-state index in [0.717, 1.165) is 43.7 Å². The van der Waals surface area contributed by atoms with Crippen LogP contribution in [0.3, 0.4) is 0 Å². The lowest BCUT2D eigenvalue weighted by atomic mass is 10.1. The molecular weight excluding hydrogens is 485 g/mol. The van der Waals surface area contributed by atoms with Crippen LogP contribution in [0.5, 0.6) is 0 Å². The molecule has 0 N–H and O–H groups in total. The van der Waals surface area contributed by atoms with Crippen LogP contribution in [-0.2, 0) is 11.2 Å². The number of carbonyl (C=O) groups excluding carboxylic acids is 1. The van der Waals surface area contributed by atoms with Crippen LogP contribution in [0.15, 0.2) is 64.5 Å². The molecule has 0 radical (unpaired) electrons. The van der Waals surface area contributed by atoms with Crippen molar-refractivity contribution >= 4 is 51.6 Å². The van der Waals surface area contributed by atoms with Gasteiger partial charge in [0.25, 0.3) is 5.56 Å². The van der Waals surface area contributed by atoms with Crippen molar-refractivity contribution in [1.29, 1.82) is 0 Å². The van der Waals surface area contributed by atoms with Crippen molar-refractivity contribution in [3.63, 3.8) is 0 Å². The van der Waals surface area contributed by atoms with Crippen molar-refractivity contribution in [2.75, 3.05) is 18.8 Å². The summed E-state index contributed by atoms with van der Waals surface area (Å²) in [5, 5.41) is 0.489. The van der Waals surface area contributed by atoms with Gasteiger partial charge in [0.15, 0.2) is 14.8 Å². The lowest BCUT2D eigenvalue weighted by Gasteiger charge is -2.16. The van der Waals surface area contributed by atoms with Crippen molar-refractivity contribution in [3.8, 4) is 11.4 Å². The van der Waals surface area contributed by atoms with Crippen LogP contribution >= 0.6 is 35.3 Å². The monoisotopic (exact) mass is 508 g/mol. The highest BCUT2D eigenvalue weighted by atomic mass is 32.2. The minimum absolute atomic E-state index is 0.0776. The largest absolute Gasteiger partial charge is 0.342 e. The van der Waals surface area contributed by atoms with E-state index in [0.29, 0.717) is 19.5 Å². The van der Waals surface area contributed by atoms with Crippen LogP contribution < -0.4 is 5.56 Å². The molecule has 0 unspecified atom stereocenters. The average Bonchev–Trinajstić information content (AvgIpc) is 3.51. The predicted octanol–water partition coefficient (Wildman–Crippen LogP) is 5.24. The molecule has 1 aliphatic rings. The first-order chi connectivity index (χ1) is 16.6. The quantitative estimate of drug-likeness (QED) is 0.202. The smallest absolute Gasteiger partial charge is 0.278 e. The molecule has 0 aliphatic carbocycles. The van der Waals surface area contributed by atoms with Crippen molar-refractivity contribution in [2.24, 2.45) is 0 Å². The number of fused-ring (bicyclic) bond motifs is 1. The van der Waals surface area contributed by atoms with E-state index in [9.17, 15) is 9.59 Å². The first kappa shape index (κ1) is 23.0. The van der Waals surface area contributed by atoms with Gasteiger partial charge in [0.2, 0.25) is 5.91 Å². The van der Waals surface area contributed by atoms with E-state index < -0.39 is 0 Å². The number of amides is 1. The van der Waals surface area contributed by atoms with Gasteiger partial charge in [-0.25, -0.2) is 4.98 Å². The fourth-order valence-corrected chi connectivity index (χ4v) is 6.34. The summed E-state index contributed by atoms with van der Waals surface area (Å²) in [5.41, 5.74) is 3.18. The summed E-state index contributed by atoms with van der Waals surface area (Å²) < 4.78 is 4.53. The van der Waals surface area contributed by atoms with E-state index in [2.05, 4.69) is 19.1 Å². The van der Waals surface area contributed by atoms with Gasteiger partial charge in [0, 0.05) is 18.8 Å². The summed E-state index contributed by atoms with van der Waals surface area (Å²) in [7, 11) is 0. The van der Waals surface area contributed by atoms with Crippen molar-refractivity contribution in [3.05, 3.63) is 74.5 Å². The van der Waals surface area contributed by atoms with E-state index in [4.69, 9.17) is 17.2 Å². The Hall–Kier alpha value is -2.75. The number of benzene rings is 2. The standard InChI is InChI=1S/C25H24N4O2S3/c1-2-17-10-12-19(13-11-17)28-22-21(34-25(28)32)23(31)29(18-8-4-3-5-9-18)24(26-22)33-16-20(30)27-14-6-7-15-27/h3-5,8-13H,2,6-7,14-16H2,1H3. The Morgan fingerprint density at radius 2 is 1.71 bits per heavy atom. The number of hydrogen-bond donors (Lipinski definition) is 0. The number of nitrogens with zero attached hydrogens (tertiary/aromatic N) is 4. The van der Waals surface area contributed by atoms with Crippen LogP contribution in [-0.4, -0.2) is 43.8 Å². The van der Waals surface area contributed by atoms with Gasteiger partial charge in [-0.05, 0) is 61.3 Å². The van der Waals surface area contributed by atoms with Gasteiger partial charge in [-0.1, -0.05) is 60.4 Å². The summed E-state index contributed by atoms with van der Waals surface area (Å²) in [5.74, 6) is 0.315.